The minimum atomic E-state index is -0.512. The third-order valence-corrected chi connectivity index (χ3v) is 5.75. The summed E-state index contributed by atoms with van der Waals surface area (Å²) in [5, 5.41) is 0. The second-order valence-electron chi connectivity index (χ2n) is 8.25. The van der Waals surface area contributed by atoms with E-state index in [-0.39, 0.29) is 25.0 Å². The van der Waals surface area contributed by atoms with E-state index < -0.39 is 5.97 Å². The molecule has 1 heterocycles. The Morgan fingerprint density at radius 1 is 1.03 bits per heavy atom. The van der Waals surface area contributed by atoms with Gasteiger partial charge >= 0.3 is 5.97 Å². The molecule has 2 aromatic rings. The summed E-state index contributed by atoms with van der Waals surface area (Å²) < 4.78 is 17.1. The van der Waals surface area contributed by atoms with Crippen LogP contribution in [0.2, 0.25) is 0 Å². The number of amides is 2. The number of benzene rings is 2. The number of carbonyl (C=O) groups is 3. The van der Waals surface area contributed by atoms with Gasteiger partial charge in [-0.3, -0.25) is 14.5 Å². The maximum atomic E-state index is 12.5. The van der Waals surface area contributed by atoms with Gasteiger partial charge in [-0.15, -0.1) is 0 Å². The van der Waals surface area contributed by atoms with E-state index in [1.54, 1.807) is 37.5 Å². The molecular formula is C26H28BrNO6. The second kappa shape index (κ2) is 11.8. The van der Waals surface area contributed by atoms with E-state index >= 15 is 0 Å². The first-order chi connectivity index (χ1) is 16.3. The number of rotatable bonds is 11. The van der Waals surface area contributed by atoms with Gasteiger partial charge in [-0.1, -0.05) is 35.8 Å². The number of methoxy groups -OCH3 is 1. The van der Waals surface area contributed by atoms with Crippen LogP contribution >= 0.6 is 15.9 Å². The maximum absolute atomic E-state index is 12.5. The number of imide groups is 1. The molecule has 1 aliphatic heterocycles. The fraction of sp³-hybridized carbons (Fsp3) is 0.346. The summed E-state index contributed by atoms with van der Waals surface area (Å²) in [6.45, 7) is 5.14. The smallest absolute Gasteiger partial charge is 0.330 e. The van der Waals surface area contributed by atoms with Crippen LogP contribution in [0.1, 0.15) is 53.0 Å². The number of esters is 1. The Hall–Kier alpha value is -3.13. The maximum Gasteiger partial charge on any atom is 0.330 e. The van der Waals surface area contributed by atoms with Gasteiger partial charge in [0.05, 0.1) is 31.5 Å². The fourth-order valence-corrected chi connectivity index (χ4v) is 3.75. The lowest BCUT2D eigenvalue weighted by Crippen LogP contribution is -2.31. The van der Waals surface area contributed by atoms with Crippen LogP contribution in [0.25, 0.3) is 6.08 Å². The van der Waals surface area contributed by atoms with Crippen LogP contribution in [-0.4, -0.2) is 49.6 Å². The first-order valence-electron chi connectivity index (χ1n) is 11.1. The largest absolute Gasteiger partial charge is 0.493 e. The summed E-state index contributed by atoms with van der Waals surface area (Å²) in [5.74, 6) is 0.620. The zero-order valence-corrected chi connectivity index (χ0v) is 21.1. The van der Waals surface area contributed by atoms with E-state index in [1.165, 1.54) is 11.0 Å². The molecule has 2 aromatic carbocycles. The van der Waals surface area contributed by atoms with Crippen LogP contribution < -0.4 is 9.47 Å². The predicted octanol–water partition coefficient (Wildman–Crippen LogP) is 5.13. The molecule has 7 nitrogen and oxygen atoms in total. The normalized spacial score (nSPS) is 13.0. The number of carbonyl (C=O) groups excluding carboxylic acids is 3. The molecule has 0 radical (unpaired) electrons. The van der Waals surface area contributed by atoms with E-state index in [9.17, 15) is 14.4 Å². The Kier molecular flexibility index (Phi) is 8.87. The highest BCUT2D eigenvalue weighted by atomic mass is 79.9. The third-order valence-electron chi connectivity index (χ3n) is 5.26. The molecule has 0 spiro atoms. The molecule has 0 atom stereocenters. The highest BCUT2D eigenvalue weighted by Crippen LogP contribution is 2.29. The minimum absolute atomic E-state index is 0.0895. The molecule has 1 aliphatic rings. The lowest BCUT2D eigenvalue weighted by atomic mass is 10.1. The molecule has 8 heteroatoms. The SMILES string of the molecule is COc1cc(/C=C/C(=O)OCCCN2C(=O)c3ccc(Br)cc3C2=O)ccc1OCCC(C)C. The summed E-state index contributed by atoms with van der Waals surface area (Å²) in [5.41, 5.74) is 1.54. The van der Waals surface area contributed by atoms with Crippen LogP contribution in [0.15, 0.2) is 46.9 Å². The molecule has 0 bridgehead atoms. The molecule has 0 saturated heterocycles. The quantitative estimate of drug-likeness (QED) is 0.174. The van der Waals surface area contributed by atoms with Crippen LogP contribution in [0.3, 0.4) is 0 Å². The van der Waals surface area contributed by atoms with Gasteiger partial charge in [-0.2, -0.15) is 0 Å². The van der Waals surface area contributed by atoms with Crippen molar-refractivity contribution in [2.45, 2.75) is 26.7 Å². The Labute approximate surface area is 207 Å². The van der Waals surface area contributed by atoms with Crippen molar-refractivity contribution in [2.75, 3.05) is 26.9 Å². The zero-order chi connectivity index (χ0) is 24.7. The van der Waals surface area contributed by atoms with Gasteiger partial charge in [-0.25, -0.2) is 4.79 Å². The highest BCUT2D eigenvalue weighted by molar-refractivity contribution is 9.10. The number of hydrogen-bond donors (Lipinski definition) is 0. The van der Waals surface area contributed by atoms with Crippen molar-refractivity contribution in [2.24, 2.45) is 5.92 Å². The molecular weight excluding hydrogens is 502 g/mol. The topological polar surface area (TPSA) is 82.1 Å². The molecule has 0 aliphatic carbocycles. The number of halogens is 1. The molecule has 0 fully saturated rings. The summed E-state index contributed by atoms with van der Waals surface area (Å²) in [7, 11) is 1.57. The van der Waals surface area contributed by atoms with E-state index in [0.717, 1.165) is 16.5 Å². The van der Waals surface area contributed by atoms with Gasteiger partial charge in [-0.05, 0) is 60.7 Å². The van der Waals surface area contributed by atoms with Crippen molar-refractivity contribution < 1.29 is 28.6 Å². The van der Waals surface area contributed by atoms with Crippen molar-refractivity contribution >= 4 is 39.8 Å². The van der Waals surface area contributed by atoms with Crippen molar-refractivity contribution in [3.63, 3.8) is 0 Å². The summed E-state index contributed by atoms with van der Waals surface area (Å²) in [6.07, 6.45) is 4.25. The Morgan fingerprint density at radius 3 is 2.53 bits per heavy atom. The van der Waals surface area contributed by atoms with E-state index in [0.29, 0.717) is 41.6 Å². The summed E-state index contributed by atoms with van der Waals surface area (Å²) in [4.78, 5) is 38.1. The third kappa shape index (κ3) is 6.47. The molecule has 180 valence electrons. The van der Waals surface area contributed by atoms with Gasteiger partial charge in [0.15, 0.2) is 11.5 Å². The van der Waals surface area contributed by atoms with Crippen LogP contribution in [0.4, 0.5) is 0 Å². The van der Waals surface area contributed by atoms with Crippen molar-refractivity contribution in [3.05, 3.63) is 63.6 Å². The highest BCUT2D eigenvalue weighted by Gasteiger charge is 2.35. The van der Waals surface area contributed by atoms with E-state index in [1.807, 2.05) is 12.1 Å². The summed E-state index contributed by atoms with van der Waals surface area (Å²) in [6, 6.07) is 10.4. The molecule has 0 N–H and O–H groups in total. The van der Waals surface area contributed by atoms with Gasteiger partial charge in [0.2, 0.25) is 0 Å². The average molecular weight is 530 g/mol. The molecule has 2 amide bonds. The molecule has 3 rings (SSSR count). The minimum Gasteiger partial charge on any atom is -0.493 e. The average Bonchev–Trinajstić information content (AvgIpc) is 3.04. The standard InChI is InChI=1S/C26H28BrNO6/c1-17(2)11-14-33-22-9-5-18(15-23(22)32-3)6-10-24(29)34-13-4-12-28-25(30)20-8-7-19(27)16-21(20)26(28)31/h5-10,15-17H,4,11-14H2,1-3H3/b10-6+. The Bertz CT molecular complexity index is 1090. The molecule has 0 saturated carbocycles. The van der Waals surface area contributed by atoms with Crippen molar-refractivity contribution in [1.82, 2.24) is 4.90 Å². The number of nitrogens with zero attached hydrogens (tertiary/aromatic N) is 1. The van der Waals surface area contributed by atoms with E-state index in [4.69, 9.17) is 14.2 Å². The molecule has 0 unspecified atom stereocenters. The number of hydrogen-bond acceptors (Lipinski definition) is 6. The number of fused-ring (bicyclic) bond motifs is 1. The van der Waals surface area contributed by atoms with Crippen LogP contribution in [0, 0.1) is 5.92 Å². The first-order valence-corrected chi connectivity index (χ1v) is 11.9. The monoisotopic (exact) mass is 529 g/mol. The van der Waals surface area contributed by atoms with Crippen molar-refractivity contribution in [1.29, 1.82) is 0 Å². The fourth-order valence-electron chi connectivity index (χ4n) is 3.39. The van der Waals surface area contributed by atoms with E-state index in [2.05, 4.69) is 29.8 Å². The Morgan fingerprint density at radius 2 is 1.79 bits per heavy atom. The van der Waals surface area contributed by atoms with Gasteiger partial charge in [0.1, 0.15) is 0 Å². The van der Waals surface area contributed by atoms with Crippen LogP contribution in [-0.2, 0) is 9.53 Å². The lowest BCUT2D eigenvalue weighted by Gasteiger charge is -2.13. The molecule has 34 heavy (non-hydrogen) atoms. The molecule has 0 aromatic heterocycles. The van der Waals surface area contributed by atoms with Crippen molar-refractivity contribution in [3.8, 4) is 11.5 Å². The number of ether oxygens (including phenoxy) is 3. The second-order valence-corrected chi connectivity index (χ2v) is 9.16. The van der Waals surface area contributed by atoms with Gasteiger partial charge in [0, 0.05) is 17.1 Å². The predicted molar refractivity (Wildman–Crippen MR) is 132 cm³/mol. The summed E-state index contributed by atoms with van der Waals surface area (Å²) >= 11 is 3.31. The first kappa shape index (κ1) is 25.5. The zero-order valence-electron chi connectivity index (χ0n) is 19.5. The van der Waals surface area contributed by atoms with Gasteiger partial charge in [0.25, 0.3) is 11.8 Å². The Balaban J connectivity index is 1.46. The lowest BCUT2D eigenvalue weighted by molar-refractivity contribution is -0.137. The van der Waals surface area contributed by atoms with Gasteiger partial charge < -0.3 is 14.2 Å². The van der Waals surface area contributed by atoms with Crippen LogP contribution in [0.5, 0.6) is 11.5 Å².